The molecule has 2 fully saturated rings. The Balaban J connectivity index is 1.71. The quantitative estimate of drug-likeness (QED) is 0.646. The van der Waals surface area contributed by atoms with E-state index in [1.165, 1.54) is 32.2 Å². The van der Waals surface area contributed by atoms with Crippen LogP contribution in [0.25, 0.3) is 0 Å². The molecule has 2 rings (SSSR count). The zero-order valence-corrected chi connectivity index (χ0v) is 7.01. The number of hydrogen-bond acceptors (Lipinski definition) is 2. The van der Waals surface area contributed by atoms with Gasteiger partial charge in [-0.1, -0.05) is 0 Å². The Morgan fingerprint density at radius 1 is 1.36 bits per heavy atom. The van der Waals surface area contributed by atoms with Crippen molar-refractivity contribution in [1.82, 2.24) is 5.32 Å². The minimum absolute atomic E-state index is 0.807. The lowest BCUT2D eigenvalue weighted by molar-refractivity contribution is 0.182. The maximum absolute atomic E-state index is 5.34. The fraction of sp³-hybridized carbons (Fsp3) is 1.00. The van der Waals surface area contributed by atoms with E-state index < -0.39 is 0 Å². The van der Waals surface area contributed by atoms with E-state index in [1.54, 1.807) is 0 Å². The summed E-state index contributed by atoms with van der Waals surface area (Å²) < 4.78 is 5.34. The lowest BCUT2D eigenvalue weighted by Crippen LogP contribution is -2.24. The van der Waals surface area contributed by atoms with Gasteiger partial charge >= 0.3 is 0 Å². The van der Waals surface area contributed by atoms with Crippen molar-refractivity contribution in [1.29, 1.82) is 0 Å². The first-order valence-corrected chi connectivity index (χ1v) is 4.76. The third kappa shape index (κ3) is 1.94. The summed E-state index contributed by atoms with van der Waals surface area (Å²) in [6.45, 7) is 3.24. The van der Waals surface area contributed by atoms with Gasteiger partial charge in [-0.2, -0.15) is 0 Å². The second-order valence-corrected chi connectivity index (χ2v) is 3.76. The fourth-order valence-corrected chi connectivity index (χ4v) is 2.13. The lowest BCUT2D eigenvalue weighted by atomic mass is 9.98. The van der Waals surface area contributed by atoms with Crippen molar-refractivity contribution in [3.8, 4) is 0 Å². The molecule has 2 saturated heterocycles. The van der Waals surface area contributed by atoms with Gasteiger partial charge in [-0.25, -0.2) is 0 Å². The van der Waals surface area contributed by atoms with Gasteiger partial charge in [0.1, 0.15) is 0 Å². The van der Waals surface area contributed by atoms with Crippen molar-refractivity contribution in [2.24, 2.45) is 5.92 Å². The predicted octanol–water partition coefficient (Wildman–Crippen LogP) is 1.17. The summed E-state index contributed by atoms with van der Waals surface area (Å²) in [5.41, 5.74) is 0. The molecular formula is C9H17NO. The van der Waals surface area contributed by atoms with Crippen molar-refractivity contribution < 1.29 is 4.74 Å². The van der Waals surface area contributed by atoms with Gasteiger partial charge in [-0.3, -0.25) is 0 Å². The molecule has 0 amide bonds. The van der Waals surface area contributed by atoms with Gasteiger partial charge in [0.15, 0.2) is 0 Å². The highest BCUT2D eigenvalue weighted by Gasteiger charge is 2.22. The number of nitrogens with one attached hydrogen (secondary N) is 1. The van der Waals surface area contributed by atoms with E-state index in [1.807, 2.05) is 0 Å². The van der Waals surface area contributed by atoms with Crippen LogP contribution in [0.15, 0.2) is 0 Å². The van der Waals surface area contributed by atoms with Gasteiger partial charge in [0.05, 0.1) is 0 Å². The summed E-state index contributed by atoms with van der Waals surface area (Å²) in [5, 5.41) is 3.53. The predicted molar refractivity (Wildman–Crippen MR) is 44.6 cm³/mol. The summed E-state index contributed by atoms with van der Waals surface area (Å²) in [6, 6.07) is 0.807. The minimum atomic E-state index is 0.807. The van der Waals surface area contributed by atoms with E-state index in [0.29, 0.717) is 0 Å². The standard InChI is InChI=1S/C9H17NO/c1-2-9(10-4-1)6-8-3-5-11-7-8/h8-10H,1-7H2. The maximum atomic E-state index is 5.34. The highest BCUT2D eigenvalue weighted by atomic mass is 16.5. The van der Waals surface area contributed by atoms with Crippen LogP contribution in [0.4, 0.5) is 0 Å². The van der Waals surface area contributed by atoms with Crippen molar-refractivity contribution >= 4 is 0 Å². The lowest BCUT2D eigenvalue weighted by Gasteiger charge is -2.13. The Bertz CT molecular complexity index is 101. The first-order valence-electron chi connectivity index (χ1n) is 4.76. The fourth-order valence-electron chi connectivity index (χ4n) is 2.13. The van der Waals surface area contributed by atoms with E-state index in [-0.39, 0.29) is 0 Å². The molecule has 2 unspecified atom stereocenters. The molecule has 0 aliphatic carbocycles. The van der Waals surface area contributed by atoms with Gasteiger partial charge in [0, 0.05) is 19.3 Å². The molecule has 0 bridgehead atoms. The molecule has 2 heteroatoms. The molecule has 0 aromatic heterocycles. The van der Waals surface area contributed by atoms with Crippen LogP contribution in [0.3, 0.4) is 0 Å². The van der Waals surface area contributed by atoms with E-state index in [4.69, 9.17) is 4.74 Å². The molecule has 2 aliphatic rings. The molecule has 2 atom stereocenters. The third-order valence-electron chi connectivity index (χ3n) is 2.80. The summed E-state index contributed by atoms with van der Waals surface area (Å²) in [4.78, 5) is 0. The highest BCUT2D eigenvalue weighted by Crippen LogP contribution is 2.21. The zero-order chi connectivity index (χ0) is 7.52. The molecule has 0 aromatic carbocycles. The van der Waals surface area contributed by atoms with Crippen LogP contribution >= 0.6 is 0 Å². The van der Waals surface area contributed by atoms with Gasteiger partial charge in [-0.05, 0) is 38.1 Å². The van der Waals surface area contributed by atoms with Crippen LogP contribution < -0.4 is 5.32 Å². The molecule has 0 spiro atoms. The Labute approximate surface area is 68.3 Å². The van der Waals surface area contributed by atoms with E-state index in [0.717, 1.165) is 25.2 Å². The van der Waals surface area contributed by atoms with Crippen LogP contribution in [0.2, 0.25) is 0 Å². The van der Waals surface area contributed by atoms with Crippen LogP contribution in [0.5, 0.6) is 0 Å². The van der Waals surface area contributed by atoms with Gasteiger partial charge in [0.25, 0.3) is 0 Å². The van der Waals surface area contributed by atoms with E-state index >= 15 is 0 Å². The average Bonchev–Trinajstić information content (AvgIpc) is 2.60. The smallest absolute Gasteiger partial charge is 0.0495 e. The number of hydrogen-bond donors (Lipinski definition) is 1. The normalized spacial score (nSPS) is 38.2. The number of rotatable bonds is 2. The number of ether oxygens (including phenoxy) is 1. The van der Waals surface area contributed by atoms with Gasteiger partial charge in [-0.15, -0.1) is 0 Å². The summed E-state index contributed by atoms with van der Waals surface area (Å²) in [6.07, 6.45) is 5.40. The van der Waals surface area contributed by atoms with Crippen molar-refractivity contribution in [2.75, 3.05) is 19.8 Å². The van der Waals surface area contributed by atoms with Crippen LogP contribution in [-0.4, -0.2) is 25.8 Å². The SMILES string of the molecule is C1CNC(CC2CCOC2)C1. The Kier molecular flexibility index (Phi) is 2.44. The molecule has 1 N–H and O–H groups in total. The summed E-state index contributed by atoms with van der Waals surface area (Å²) >= 11 is 0. The largest absolute Gasteiger partial charge is 0.381 e. The second-order valence-electron chi connectivity index (χ2n) is 3.76. The van der Waals surface area contributed by atoms with Crippen molar-refractivity contribution in [3.63, 3.8) is 0 Å². The van der Waals surface area contributed by atoms with Crippen LogP contribution in [0, 0.1) is 5.92 Å². The first-order chi connectivity index (χ1) is 5.45. The zero-order valence-electron chi connectivity index (χ0n) is 7.01. The maximum Gasteiger partial charge on any atom is 0.0495 e. The second kappa shape index (κ2) is 3.55. The summed E-state index contributed by atoms with van der Waals surface area (Å²) in [7, 11) is 0. The molecule has 11 heavy (non-hydrogen) atoms. The Morgan fingerprint density at radius 2 is 2.36 bits per heavy atom. The van der Waals surface area contributed by atoms with Crippen molar-refractivity contribution in [3.05, 3.63) is 0 Å². The average molecular weight is 155 g/mol. The molecule has 2 heterocycles. The minimum Gasteiger partial charge on any atom is -0.381 e. The van der Waals surface area contributed by atoms with Gasteiger partial charge < -0.3 is 10.1 Å². The van der Waals surface area contributed by atoms with Crippen LogP contribution in [0.1, 0.15) is 25.7 Å². The van der Waals surface area contributed by atoms with Crippen molar-refractivity contribution in [2.45, 2.75) is 31.7 Å². The molecule has 64 valence electrons. The monoisotopic (exact) mass is 155 g/mol. The molecule has 0 aromatic rings. The Morgan fingerprint density at radius 3 is 3.00 bits per heavy atom. The van der Waals surface area contributed by atoms with Gasteiger partial charge in [0.2, 0.25) is 0 Å². The van der Waals surface area contributed by atoms with Crippen LogP contribution in [-0.2, 0) is 4.74 Å². The first kappa shape index (κ1) is 7.56. The van der Waals surface area contributed by atoms with E-state index in [9.17, 15) is 0 Å². The molecular weight excluding hydrogens is 138 g/mol. The highest BCUT2D eigenvalue weighted by molar-refractivity contribution is 4.78. The molecule has 2 nitrogen and oxygen atoms in total. The molecule has 0 saturated carbocycles. The molecule has 0 radical (unpaired) electrons. The molecule has 2 aliphatic heterocycles. The topological polar surface area (TPSA) is 21.3 Å². The van der Waals surface area contributed by atoms with E-state index in [2.05, 4.69) is 5.32 Å². The third-order valence-corrected chi connectivity index (χ3v) is 2.80. The Hall–Kier alpha value is -0.0800. The summed E-state index contributed by atoms with van der Waals surface area (Å²) in [5.74, 6) is 0.852.